The number of carbonyl (C=O) groups is 1. The Labute approximate surface area is 149 Å². The molecule has 2 aromatic carbocycles. The van der Waals surface area contributed by atoms with E-state index in [1.165, 1.54) is 19.1 Å². The second-order valence-corrected chi connectivity index (χ2v) is 6.66. The van der Waals surface area contributed by atoms with Gasteiger partial charge in [-0.05, 0) is 36.8 Å². The van der Waals surface area contributed by atoms with Crippen LogP contribution >= 0.6 is 11.6 Å². The van der Waals surface area contributed by atoms with Gasteiger partial charge >= 0.3 is 0 Å². The van der Waals surface area contributed by atoms with Crippen LogP contribution in [0.5, 0.6) is 5.75 Å². The molecule has 0 saturated carbocycles. The third kappa shape index (κ3) is 2.94. The number of halogens is 1. The van der Waals surface area contributed by atoms with Crippen molar-refractivity contribution in [3.63, 3.8) is 0 Å². The molecule has 25 heavy (non-hydrogen) atoms. The van der Waals surface area contributed by atoms with Gasteiger partial charge in [0.1, 0.15) is 17.1 Å². The first-order chi connectivity index (χ1) is 11.8. The molecule has 1 aromatic heterocycles. The van der Waals surface area contributed by atoms with Gasteiger partial charge < -0.3 is 9.52 Å². The van der Waals surface area contributed by atoms with Gasteiger partial charge in [0, 0.05) is 10.9 Å². The molecule has 0 aliphatic rings. The minimum atomic E-state index is -0.361. The van der Waals surface area contributed by atoms with E-state index in [1.807, 2.05) is 13.8 Å². The summed E-state index contributed by atoms with van der Waals surface area (Å²) in [4.78, 5) is 25.1. The Balaban J connectivity index is 2.47. The summed E-state index contributed by atoms with van der Waals surface area (Å²) in [6.45, 7) is 5.14. The molecular formula is C20H17ClO4. The lowest BCUT2D eigenvalue weighted by atomic mass is 9.95. The zero-order chi connectivity index (χ0) is 18.3. The summed E-state index contributed by atoms with van der Waals surface area (Å²) in [6, 6.07) is 9.77. The van der Waals surface area contributed by atoms with Gasteiger partial charge in [0.2, 0.25) is 5.43 Å². The number of rotatable bonds is 3. The molecule has 0 aliphatic carbocycles. The minimum absolute atomic E-state index is 0.0270. The molecule has 3 aromatic rings. The van der Waals surface area contributed by atoms with E-state index >= 15 is 0 Å². The van der Waals surface area contributed by atoms with Crippen LogP contribution < -0.4 is 5.43 Å². The van der Waals surface area contributed by atoms with Gasteiger partial charge in [0.05, 0.1) is 10.9 Å². The molecule has 0 unspecified atom stereocenters. The average molecular weight is 357 g/mol. The Morgan fingerprint density at radius 1 is 1.12 bits per heavy atom. The first-order valence-electron chi connectivity index (χ1n) is 7.90. The molecule has 0 spiro atoms. The highest BCUT2D eigenvalue weighted by Crippen LogP contribution is 2.34. The SMILES string of the molecule is CC(=O)c1c(O)ccc2c(=O)c(-c3ccc(Cl)cc3)c(C(C)C)oc12. The third-order valence-electron chi connectivity index (χ3n) is 4.08. The summed E-state index contributed by atoms with van der Waals surface area (Å²) >= 11 is 5.94. The topological polar surface area (TPSA) is 67.5 Å². The lowest BCUT2D eigenvalue weighted by Gasteiger charge is -2.14. The lowest BCUT2D eigenvalue weighted by Crippen LogP contribution is -2.11. The standard InChI is InChI=1S/C20H17ClO4/c1-10(2)19-17(12-4-6-13(21)7-5-12)18(24)14-8-9-15(23)16(11(3)22)20(14)25-19/h4-10,23H,1-3H3. The van der Waals surface area contributed by atoms with Crippen molar-refractivity contribution in [2.75, 3.05) is 0 Å². The van der Waals surface area contributed by atoms with Gasteiger partial charge in [-0.25, -0.2) is 0 Å². The van der Waals surface area contributed by atoms with Crippen molar-refractivity contribution in [2.24, 2.45) is 0 Å². The highest BCUT2D eigenvalue weighted by Gasteiger charge is 2.22. The van der Waals surface area contributed by atoms with E-state index in [-0.39, 0.29) is 39.4 Å². The fourth-order valence-electron chi connectivity index (χ4n) is 2.90. The van der Waals surface area contributed by atoms with Gasteiger partial charge in [0.25, 0.3) is 0 Å². The van der Waals surface area contributed by atoms with Crippen molar-refractivity contribution in [3.05, 3.63) is 63.0 Å². The third-order valence-corrected chi connectivity index (χ3v) is 4.33. The summed E-state index contributed by atoms with van der Waals surface area (Å²) in [5.74, 6) is -0.185. The Morgan fingerprint density at radius 2 is 1.76 bits per heavy atom. The van der Waals surface area contributed by atoms with Gasteiger partial charge in [-0.1, -0.05) is 37.6 Å². The number of phenolic OH excluding ortho intramolecular Hbond substituents is 1. The van der Waals surface area contributed by atoms with E-state index in [0.717, 1.165) is 0 Å². The van der Waals surface area contributed by atoms with Crippen LogP contribution in [0.3, 0.4) is 0 Å². The normalized spacial score (nSPS) is 11.2. The monoisotopic (exact) mass is 356 g/mol. The number of hydrogen-bond acceptors (Lipinski definition) is 4. The van der Waals surface area contributed by atoms with Crippen LogP contribution in [0.4, 0.5) is 0 Å². The molecule has 0 amide bonds. The number of aromatic hydroxyl groups is 1. The van der Waals surface area contributed by atoms with Crippen molar-refractivity contribution in [2.45, 2.75) is 26.7 Å². The maximum absolute atomic E-state index is 13.1. The van der Waals surface area contributed by atoms with Crippen molar-refractivity contribution in [1.29, 1.82) is 0 Å². The smallest absolute Gasteiger partial charge is 0.200 e. The molecule has 3 rings (SSSR count). The van der Waals surface area contributed by atoms with Gasteiger partial charge in [-0.3, -0.25) is 9.59 Å². The highest BCUT2D eigenvalue weighted by molar-refractivity contribution is 6.30. The van der Waals surface area contributed by atoms with Gasteiger partial charge in [-0.15, -0.1) is 0 Å². The van der Waals surface area contributed by atoms with Gasteiger partial charge in [0.15, 0.2) is 11.4 Å². The minimum Gasteiger partial charge on any atom is -0.507 e. The van der Waals surface area contributed by atoms with Gasteiger partial charge in [-0.2, -0.15) is 0 Å². The van der Waals surface area contributed by atoms with Crippen molar-refractivity contribution < 1.29 is 14.3 Å². The Morgan fingerprint density at radius 3 is 2.32 bits per heavy atom. The highest BCUT2D eigenvalue weighted by atomic mass is 35.5. The fourth-order valence-corrected chi connectivity index (χ4v) is 3.03. The zero-order valence-corrected chi connectivity index (χ0v) is 14.8. The predicted octanol–water partition coefficient (Wildman–Crippen LogP) is 5.15. The number of ketones is 1. The maximum Gasteiger partial charge on any atom is 0.200 e. The molecule has 4 nitrogen and oxygen atoms in total. The van der Waals surface area contributed by atoms with Crippen molar-refractivity contribution in [3.8, 4) is 16.9 Å². The van der Waals surface area contributed by atoms with E-state index in [1.54, 1.807) is 24.3 Å². The molecule has 0 atom stereocenters. The number of carbonyl (C=O) groups excluding carboxylic acids is 1. The van der Waals surface area contributed by atoms with E-state index in [0.29, 0.717) is 21.9 Å². The van der Waals surface area contributed by atoms with Crippen molar-refractivity contribution >= 4 is 28.4 Å². The number of fused-ring (bicyclic) bond motifs is 1. The fraction of sp³-hybridized carbons (Fsp3) is 0.200. The molecule has 1 heterocycles. The zero-order valence-electron chi connectivity index (χ0n) is 14.1. The summed E-state index contributed by atoms with van der Waals surface area (Å²) in [6.07, 6.45) is 0. The number of hydrogen-bond donors (Lipinski definition) is 1. The molecule has 128 valence electrons. The van der Waals surface area contributed by atoms with E-state index in [2.05, 4.69) is 0 Å². The van der Waals surface area contributed by atoms with E-state index in [9.17, 15) is 14.7 Å². The first kappa shape index (κ1) is 17.2. The Bertz CT molecular complexity index is 1030. The second-order valence-electron chi connectivity index (χ2n) is 6.22. The van der Waals surface area contributed by atoms with Crippen LogP contribution in [0.15, 0.2) is 45.6 Å². The Hall–Kier alpha value is -2.59. The molecule has 1 N–H and O–H groups in total. The molecule has 0 saturated heterocycles. The molecule has 5 heteroatoms. The van der Waals surface area contributed by atoms with Crippen LogP contribution in [0.1, 0.15) is 42.8 Å². The lowest BCUT2D eigenvalue weighted by molar-refractivity contribution is 0.101. The van der Waals surface area contributed by atoms with Crippen LogP contribution in [0, 0.1) is 0 Å². The van der Waals surface area contributed by atoms with E-state index < -0.39 is 0 Å². The molecule has 0 bridgehead atoms. The number of phenols is 1. The summed E-state index contributed by atoms with van der Waals surface area (Å²) in [5.41, 5.74) is 1.05. The Kier molecular flexibility index (Phi) is 4.39. The number of Topliss-reactive ketones (excluding diaryl/α,β-unsaturated/α-hetero) is 1. The number of benzene rings is 2. The summed E-state index contributed by atoms with van der Waals surface area (Å²) < 4.78 is 5.98. The quantitative estimate of drug-likeness (QED) is 0.659. The van der Waals surface area contributed by atoms with Crippen LogP contribution in [0.2, 0.25) is 5.02 Å². The summed E-state index contributed by atoms with van der Waals surface area (Å²) in [5, 5.41) is 10.9. The first-order valence-corrected chi connectivity index (χ1v) is 8.28. The molecule has 0 aliphatic heterocycles. The summed E-state index contributed by atoms with van der Waals surface area (Å²) in [7, 11) is 0. The van der Waals surface area contributed by atoms with E-state index in [4.69, 9.17) is 16.0 Å². The predicted molar refractivity (Wildman–Crippen MR) is 98.7 cm³/mol. The largest absolute Gasteiger partial charge is 0.507 e. The molecule has 0 fully saturated rings. The maximum atomic E-state index is 13.1. The molecular weight excluding hydrogens is 340 g/mol. The van der Waals surface area contributed by atoms with Crippen molar-refractivity contribution in [1.82, 2.24) is 0 Å². The van der Waals surface area contributed by atoms with Crippen LogP contribution in [-0.4, -0.2) is 10.9 Å². The molecule has 0 radical (unpaired) electrons. The average Bonchev–Trinajstić information content (AvgIpc) is 2.55. The van der Waals surface area contributed by atoms with Crippen LogP contribution in [-0.2, 0) is 0 Å². The van der Waals surface area contributed by atoms with Crippen LogP contribution in [0.25, 0.3) is 22.1 Å². The second kappa shape index (κ2) is 6.37.